The van der Waals surface area contributed by atoms with E-state index in [0.29, 0.717) is 12.8 Å². The molecule has 4 aliphatic rings. The number of carbonyl (C=O) groups is 2. The Hall–Kier alpha value is -0.680. The second-order valence-corrected chi connectivity index (χ2v) is 10.4. The summed E-state index contributed by atoms with van der Waals surface area (Å²) in [6, 6.07) is 0. The van der Waals surface area contributed by atoms with Gasteiger partial charge in [0.1, 0.15) is 11.4 Å². The van der Waals surface area contributed by atoms with Gasteiger partial charge >= 0.3 is 0 Å². The van der Waals surface area contributed by atoms with Crippen LogP contribution in [0.3, 0.4) is 0 Å². The van der Waals surface area contributed by atoms with Gasteiger partial charge in [0.2, 0.25) is 0 Å². The maximum Gasteiger partial charge on any atom is 0.179 e. The van der Waals surface area contributed by atoms with Crippen LogP contribution in [0.1, 0.15) is 33.1 Å². The van der Waals surface area contributed by atoms with Crippen LogP contribution in [-0.4, -0.2) is 38.4 Å². The predicted molar refractivity (Wildman–Crippen MR) is 107 cm³/mol. The van der Waals surface area contributed by atoms with Crippen LogP contribution in [-0.2, 0) is 9.59 Å². The molecular formula is C21H22Cl3FO3. The first-order valence-electron chi connectivity index (χ1n) is 9.43. The summed E-state index contributed by atoms with van der Waals surface area (Å²) in [5.41, 5.74) is -3.20. The number of hydrogen-bond donors (Lipinski definition) is 1. The van der Waals surface area contributed by atoms with E-state index in [4.69, 9.17) is 34.8 Å². The number of ketones is 2. The zero-order valence-electron chi connectivity index (χ0n) is 15.6. The molecule has 0 heterocycles. The molecule has 0 aromatic carbocycles. The topological polar surface area (TPSA) is 54.4 Å². The Morgan fingerprint density at radius 3 is 2.71 bits per heavy atom. The Balaban J connectivity index is 1.90. The van der Waals surface area contributed by atoms with Crippen molar-refractivity contribution >= 4 is 46.4 Å². The Bertz CT molecular complexity index is 867. The average molecular weight is 448 g/mol. The highest BCUT2D eigenvalue weighted by atomic mass is 35.5. The van der Waals surface area contributed by atoms with Crippen molar-refractivity contribution in [2.24, 2.45) is 22.7 Å². The van der Waals surface area contributed by atoms with Gasteiger partial charge in [-0.25, -0.2) is 4.39 Å². The zero-order valence-corrected chi connectivity index (χ0v) is 17.9. The predicted octanol–water partition coefficient (Wildman–Crippen LogP) is 4.49. The van der Waals surface area contributed by atoms with E-state index in [1.54, 1.807) is 13.0 Å². The van der Waals surface area contributed by atoms with Crippen molar-refractivity contribution in [1.29, 1.82) is 0 Å². The molecule has 0 aromatic rings. The van der Waals surface area contributed by atoms with E-state index < -0.39 is 44.2 Å². The number of aliphatic hydroxyl groups is 1. The van der Waals surface area contributed by atoms with Crippen LogP contribution in [0.4, 0.5) is 4.39 Å². The maximum atomic E-state index is 15.2. The van der Waals surface area contributed by atoms with E-state index in [1.165, 1.54) is 18.2 Å². The quantitative estimate of drug-likeness (QED) is 0.635. The summed E-state index contributed by atoms with van der Waals surface area (Å²) in [6.07, 6.45) is 6.84. The lowest BCUT2D eigenvalue weighted by Gasteiger charge is -2.62. The van der Waals surface area contributed by atoms with Gasteiger partial charge in [-0.2, -0.15) is 0 Å². The summed E-state index contributed by atoms with van der Waals surface area (Å²) in [4.78, 5) is 23.3. The third kappa shape index (κ3) is 2.21. The van der Waals surface area contributed by atoms with Gasteiger partial charge in [0, 0.05) is 22.3 Å². The summed E-state index contributed by atoms with van der Waals surface area (Å²) in [5, 5.41) is 10.6. The highest BCUT2D eigenvalue weighted by Gasteiger charge is 2.72. The summed E-state index contributed by atoms with van der Waals surface area (Å²) in [6.45, 7) is 3.64. The van der Waals surface area contributed by atoms with Crippen molar-refractivity contribution < 1.29 is 19.1 Å². The van der Waals surface area contributed by atoms with E-state index in [1.807, 2.05) is 6.92 Å². The molecule has 1 N–H and O–H groups in total. The van der Waals surface area contributed by atoms with Crippen LogP contribution in [0.15, 0.2) is 35.7 Å². The van der Waals surface area contributed by atoms with Crippen molar-refractivity contribution in [3.63, 3.8) is 0 Å². The van der Waals surface area contributed by atoms with Gasteiger partial charge in [-0.3, -0.25) is 9.59 Å². The monoisotopic (exact) mass is 446 g/mol. The first-order chi connectivity index (χ1) is 13.0. The van der Waals surface area contributed by atoms with Crippen LogP contribution >= 0.6 is 34.8 Å². The van der Waals surface area contributed by atoms with Crippen LogP contribution in [0.5, 0.6) is 0 Å². The third-order valence-electron chi connectivity index (χ3n) is 7.95. The minimum absolute atomic E-state index is 0.241. The van der Waals surface area contributed by atoms with Gasteiger partial charge in [0.05, 0.1) is 16.1 Å². The normalized spacial score (nSPS) is 49.7. The molecule has 0 aromatic heterocycles. The van der Waals surface area contributed by atoms with Gasteiger partial charge in [0.15, 0.2) is 11.6 Å². The second kappa shape index (κ2) is 6.16. The molecule has 152 valence electrons. The van der Waals surface area contributed by atoms with E-state index in [9.17, 15) is 14.7 Å². The Labute approximate surface area is 178 Å². The maximum absolute atomic E-state index is 15.2. The number of rotatable bonds is 2. The molecule has 7 heteroatoms. The van der Waals surface area contributed by atoms with Gasteiger partial charge in [-0.05, 0) is 43.4 Å². The van der Waals surface area contributed by atoms with Crippen LogP contribution in [0, 0.1) is 22.7 Å². The number of halogens is 4. The molecule has 0 unspecified atom stereocenters. The molecule has 0 saturated heterocycles. The van der Waals surface area contributed by atoms with Crippen molar-refractivity contribution in [1.82, 2.24) is 0 Å². The standard InChI is InChI=1S/C21H22Cl3FO3/c1-18-5-3-11(26)7-14(18)15(25)8-13-12-4-6-20(28,17(27)10-22)19(12,2)9-16(23)21(13,18)24/h3,5,7-8,12-13,16,28H,4,6,9-10H2,1-2H3/t12-,13-,16-,18-,19-,20-,21-/m0/s1. The van der Waals surface area contributed by atoms with Crippen molar-refractivity contribution in [2.45, 2.75) is 49.0 Å². The minimum Gasteiger partial charge on any atom is -0.381 e. The van der Waals surface area contributed by atoms with E-state index in [2.05, 4.69) is 0 Å². The molecular weight excluding hydrogens is 426 g/mol. The molecule has 2 fully saturated rings. The average Bonchev–Trinajstić information content (AvgIpc) is 2.91. The Kier molecular flexibility index (Phi) is 4.53. The molecule has 0 amide bonds. The lowest BCUT2D eigenvalue weighted by atomic mass is 9.48. The molecule has 7 atom stereocenters. The Morgan fingerprint density at radius 1 is 1.39 bits per heavy atom. The lowest BCUT2D eigenvalue weighted by Crippen LogP contribution is -2.66. The van der Waals surface area contributed by atoms with Crippen LogP contribution < -0.4 is 0 Å². The number of Topliss-reactive ketones (excluding diaryl/α,β-unsaturated/α-hetero) is 1. The molecule has 2 saturated carbocycles. The molecule has 0 spiro atoms. The lowest BCUT2D eigenvalue weighted by molar-refractivity contribution is -0.154. The number of fused-ring (bicyclic) bond motifs is 5. The summed E-state index contributed by atoms with van der Waals surface area (Å²) < 4.78 is 15.2. The fraction of sp³-hybridized carbons (Fsp3) is 0.619. The smallest absolute Gasteiger partial charge is 0.179 e. The molecule has 0 aliphatic heterocycles. The minimum atomic E-state index is -1.61. The Morgan fingerprint density at radius 2 is 2.07 bits per heavy atom. The van der Waals surface area contributed by atoms with Crippen LogP contribution in [0.2, 0.25) is 0 Å². The van der Waals surface area contributed by atoms with E-state index in [0.717, 1.165) is 0 Å². The second-order valence-electron chi connectivity index (χ2n) is 8.96. The first kappa shape index (κ1) is 20.6. The summed E-state index contributed by atoms with van der Waals surface area (Å²) >= 11 is 19.9. The molecule has 0 bridgehead atoms. The first-order valence-corrected chi connectivity index (χ1v) is 10.8. The number of allylic oxidation sites excluding steroid dienone is 6. The SMILES string of the molecule is C[C@]12C=CC(=O)C=C1C(F)=C[C@H]1[C@@H]3CC[C@](O)(C(=O)CCl)[C@@]3(C)C[C@H](Cl)[C@@]12Cl. The zero-order chi connectivity index (χ0) is 20.7. The molecule has 3 nitrogen and oxygen atoms in total. The van der Waals surface area contributed by atoms with Crippen molar-refractivity contribution in [2.75, 3.05) is 5.88 Å². The fourth-order valence-electron chi connectivity index (χ4n) is 6.25. The largest absolute Gasteiger partial charge is 0.381 e. The molecule has 4 aliphatic carbocycles. The summed E-state index contributed by atoms with van der Waals surface area (Å²) in [7, 11) is 0. The highest BCUT2D eigenvalue weighted by Crippen LogP contribution is 2.70. The van der Waals surface area contributed by atoms with Gasteiger partial charge in [-0.15, -0.1) is 34.8 Å². The van der Waals surface area contributed by atoms with E-state index >= 15 is 4.39 Å². The van der Waals surface area contributed by atoms with E-state index in [-0.39, 0.29) is 29.6 Å². The molecule has 28 heavy (non-hydrogen) atoms. The van der Waals surface area contributed by atoms with Crippen molar-refractivity contribution in [3.05, 3.63) is 35.7 Å². The molecule has 4 rings (SSSR count). The number of alkyl halides is 3. The van der Waals surface area contributed by atoms with Gasteiger partial charge in [-0.1, -0.05) is 19.9 Å². The van der Waals surface area contributed by atoms with Gasteiger partial charge in [0.25, 0.3) is 0 Å². The van der Waals surface area contributed by atoms with Gasteiger partial charge < -0.3 is 5.11 Å². The number of carbonyl (C=O) groups excluding carboxylic acids is 2. The summed E-state index contributed by atoms with van der Waals surface area (Å²) in [5.74, 6) is -2.25. The van der Waals surface area contributed by atoms with Crippen LogP contribution in [0.25, 0.3) is 0 Å². The molecule has 0 radical (unpaired) electrons. The van der Waals surface area contributed by atoms with Crippen molar-refractivity contribution in [3.8, 4) is 0 Å². The fourth-order valence-corrected chi connectivity index (χ4v) is 7.62. The number of hydrogen-bond acceptors (Lipinski definition) is 3. The highest BCUT2D eigenvalue weighted by molar-refractivity contribution is 6.34. The third-order valence-corrected chi connectivity index (χ3v) is 9.71.